The van der Waals surface area contributed by atoms with E-state index < -0.39 is 0 Å². The van der Waals surface area contributed by atoms with Crippen LogP contribution in [0.25, 0.3) is 0 Å². The van der Waals surface area contributed by atoms with Gasteiger partial charge < -0.3 is 10.1 Å². The average molecular weight is 240 g/mol. The van der Waals surface area contributed by atoms with Crippen LogP contribution in [-0.4, -0.2) is 49.7 Å². The Balaban J connectivity index is 1.92. The standard InChI is InChI=1S/C13H24N2O2/c1-3-17-12(16)13(5-4-6-13)10-15-8-7-14-11(2)9-15/h11,14H,3-10H2,1-2H3. The lowest BCUT2D eigenvalue weighted by atomic mass is 9.68. The van der Waals surface area contributed by atoms with Gasteiger partial charge in [-0.3, -0.25) is 9.69 Å². The van der Waals surface area contributed by atoms with Gasteiger partial charge in [0.15, 0.2) is 0 Å². The minimum Gasteiger partial charge on any atom is -0.466 e. The fourth-order valence-corrected chi connectivity index (χ4v) is 2.90. The Morgan fingerprint density at radius 1 is 1.53 bits per heavy atom. The van der Waals surface area contributed by atoms with Gasteiger partial charge in [-0.2, -0.15) is 0 Å². The molecule has 0 aromatic heterocycles. The highest BCUT2D eigenvalue weighted by atomic mass is 16.5. The van der Waals surface area contributed by atoms with E-state index in [0.29, 0.717) is 12.6 Å². The van der Waals surface area contributed by atoms with Crippen molar-refractivity contribution in [3.8, 4) is 0 Å². The summed E-state index contributed by atoms with van der Waals surface area (Å²) >= 11 is 0. The van der Waals surface area contributed by atoms with Crippen molar-refractivity contribution in [1.82, 2.24) is 10.2 Å². The molecule has 2 rings (SSSR count). The summed E-state index contributed by atoms with van der Waals surface area (Å²) in [5, 5.41) is 3.43. The molecular formula is C13H24N2O2. The van der Waals surface area contributed by atoms with Crippen molar-refractivity contribution in [2.75, 3.05) is 32.8 Å². The van der Waals surface area contributed by atoms with Gasteiger partial charge in [0.05, 0.1) is 12.0 Å². The third kappa shape index (κ3) is 2.80. The number of esters is 1. The summed E-state index contributed by atoms with van der Waals surface area (Å²) in [5.74, 6) is 0.0254. The molecule has 0 spiro atoms. The second-order valence-electron chi connectivity index (χ2n) is 5.44. The SMILES string of the molecule is CCOC(=O)C1(CN2CCNC(C)C2)CCC1. The maximum Gasteiger partial charge on any atom is 0.313 e. The molecule has 0 bridgehead atoms. The smallest absolute Gasteiger partial charge is 0.313 e. The second-order valence-corrected chi connectivity index (χ2v) is 5.44. The van der Waals surface area contributed by atoms with Crippen LogP contribution in [0.15, 0.2) is 0 Å². The third-order valence-corrected chi connectivity index (χ3v) is 4.00. The van der Waals surface area contributed by atoms with E-state index in [1.54, 1.807) is 0 Å². The van der Waals surface area contributed by atoms with Crippen LogP contribution >= 0.6 is 0 Å². The van der Waals surface area contributed by atoms with E-state index in [1.165, 1.54) is 6.42 Å². The van der Waals surface area contributed by atoms with Crippen LogP contribution in [0, 0.1) is 5.41 Å². The van der Waals surface area contributed by atoms with Crippen molar-refractivity contribution in [2.45, 2.75) is 39.2 Å². The summed E-state index contributed by atoms with van der Waals surface area (Å²) in [4.78, 5) is 14.5. The quantitative estimate of drug-likeness (QED) is 0.745. The molecule has 1 aliphatic heterocycles. The Morgan fingerprint density at radius 3 is 2.82 bits per heavy atom. The molecule has 2 fully saturated rings. The highest BCUT2D eigenvalue weighted by Gasteiger charge is 2.46. The molecule has 0 aromatic rings. The normalized spacial score (nSPS) is 28.5. The van der Waals surface area contributed by atoms with E-state index in [0.717, 1.165) is 39.0 Å². The van der Waals surface area contributed by atoms with Gasteiger partial charge in [0, 0.05) is 32.2 Å². The van der Waals surface area contributed by atoms with Crippen LogP contribution in [0.2, 0.25) is 0 Å². The summed E-state index contributed by atoms with van der Waals surface area (Å²) in [6.07, 6.45) is 3.18. The molecule has 1 saturated carbocycles. The number of nitrogens with zero attached hydrogens (tertiary/aromatic N) is 1. The van der Waals surface area contributed by atoms with Crippen LogP contribution < -0.4 is 5.32 Å². The van der Waals surface area contributed by atoms with Gasteiger partial charge >= 0.3 is 5.97 Å². The topological polar surface area (TPSA) is 41.6 Å². The zero-order valence-electron chi connectivity index (χ0n) is 11.0. The molecule has 0 radical (unpaired) electrons. The van der Waals surface area contributed by atoms with E-state index >= 15 is 0 Å². The molecule has 4 nitrogen and oxygen atoms in total. The minimum absolute atomic E-state index is 0.0254. The molecule has 1 aliphatic carbocycles. The van der Waals surface area contributed by atoms with Crippen LogP contribution in [0.4, 0.5) is 0 Å². The number of rotatable bonds is 4. The summed E-state index contributed by atoms with van der Waals surface area (Å²) in [5.41, 5.74) is -0.187. The Labute approximate surface area is 104 Å². The molecule has 1 unspecified atom stereocenters. The first-order chi connectivity index (χ1) is 8.16. The Bertz CT molecular complexity index is 277. The molecule has 4 heteroatoms. The van der Waals surface area contributed by atoms with E-state index in [9.17, 15) is 4.79 Å². The van der Waals surface area contributed by atoms with Gasteiger partial charge in [0.1, 0.15) is 0 Å². The van der Waals surface area contributed by atoms with Crippen molar-refractivity contribution >= 4 is 5.97 Å². The largest absolute Gasteiger partial charge is 0.466 e. The predicted molar refractivity (Wildman–Crippen MR) is 66.8 cm³/mol. The van der Waals surface area contributed by atoms with Gasteiger partial charge in [-0.25, -0.2) is 0 Å². The molecule has 0 aromatic carbocycles. The predicted octanol–water partition coefficient (Wildman–Crippen LogP) is 1.01. The van der Waals surface area contributed by atoms with Gasteiger partial charge in [-0.15, -0.1) is 0 Å². The maximum absolute atomic E-state index is 12.0. The zero-order valence-corrected chi connectivity index (χ0v) is 11.0. The number of ether oxygens (including phenoxy) is 1. The molecule has 1 N–H and O–H groups in total. The summed E-state index contributed by atoms with van der Waals surface area (Å²) < 4.78 is 5.24. The molecule has 2 aliphatic rings. The summed E-state index contributed by atoms with van der Waals surface area (Å²) in [7, 11) is 0. The number of hydrogen-bond acceptors (Lipinski definition) is 4. The average Bonchev–Trinajstić information content (AvgIpc) is 2.24. The second kappa shape index (κ2) is 5.36. The Hall–Kier alpha value is -0.610. The molecule has 1 saturated heterocycles. The van der Waals surface area contributed by atoms with Crippen LogP contribution in [-0.2, 0) is 9.53 Å². The van der Waals surface area contributed by atoms with Gasteiger partial charge in [-0.1, -0.05) is 6.42 Å². The van der Waals surface area contributed by atoms with Crippen molar-refractivity contribution in [1.29, 1.82) is 0 Å². The fourth-order valence-electron chi connectivity index (χ4n) is 2.90. The number of hydrogen-bond donors (Lipinski definition) is 1. The Morgan fingerprint density at radius 2 is 2.29 bits per heavy atom. The zero-order chi connectivity index (χ0) is 12.3. The lowest BCUT2D eigenvalue weighted by Gasteiger charge is -2.44. The van der Waals surface area contributed by atoms with Gasteiger partial charge in [0.2, 0.25) is 0 Å². The van der Waals surface area contributed by atoms with Crippen LogP contribution in [0.3, 0.4) is 0 Å². The van der Waals surface area contributed by atoms with Crippen molar-refractivity contribution in [3.05, 3.63) is 0 Å². The molecule has 1 heterocycles. The van der Waals surface area contributed by atoms with Crippen molar-refractivity contribution in [2.24, 2.45) is 5.41 Å². The third-order valence-electron chi connectivity index (χ3n) is 4.00. The first kappa shape index (κ1) is 12.8. The highest BCUT2D eigenvalue weighted by Crippen LogP contribution is 2.42. The van der Waals surface area contributed by atoms with Gasteiger partial charge in [-0.05, 0) is 26.7 Å². The van der Waals surface area contributed by atoms with E-state index in [4.69, 9.17) is 4.74 Å². The summed E-state index contributed by atoms with van der Waals surface area (Å²) in [6, 6.07) is 0.531. The highest BCUT2D eigenvalue weighted by molar-refractivity contribution is 5.78. The minimum atomic E-state index is -0.187. The van der Waals surface area contributed by atoms with E-state index in [1.807, 2.05) is 6.92 Å². The van der Waals surface area contributed by atoms with Crippen molar-refractivity contribution in [3.63, 3.8) is 0 Å². The molecule has 17 heavy (non-hydrogen) atoms. The maximum atomic E-state index is 12.0. The number of nitrogens with one attached hydrogen (secondary N) is 1. The van der Waals surface area contributed by atoms with Crippen molar-refractivity contribution < 1.29 is 9.53 Å². The number of carbonyl (C=O) groups is 1. The Kier molecular flexibility index (Phi) is 4.05. The first-order valence-electron chi connectivity index (χ1n) is 6.79. The molecule has 0 amide bonds. The molecule has 98 valence electrons. The molecular weight excluding hydrogens is 216 g/mol. The first-order valence-corrected chi connectivity index (χ1v) is 6.79. The lowest BCUT2D eigenvalue weighted by molar-refractivity contribution is -0.163. The summed E-state index contributed by atoms with van der Waals surface area (Å²) in [6.45, 7) is 8.59. The number of carbonyl (C=O) groups excluding carboxylic acids is 1. The fraction of sp³-hybridized carbons (Fsp3) is 0.923. The van der Waals surface area contributed by atoms with Gasteiger partial charge in [0.25, 0.3) is 0 Å². The van der Waals surface area contributed by atoms with Crippen LogP contribution in [0.1, 0.15) is 33.1 Å². The van der Waals surface area contributed by atoms with Crippen LogP contribution in [0.5, 0.6) is 0 Å². The lowest BCUT2D eigenvalue weighted by Crippen LogP contribution is -2.55. The van der Waals surface area contributed by atoms with E-state index in [-0.39, 0.29) is 11.4 Å². The monoisotopic (exact) mass is 240 g/mol. The van der Waals surface area contributed by atoms with E-state index in [2.05, 4.69) is 17.1 Å². The number of piperazine rings is 1. The molecule has 1 atom stereocenters.